The Morgan fingerprint density at radius 3 is 1.22 bits per heavy atom. The van der Waals surface area contributed by atoms with Gasteiger partial charge in [0.25, 0.3) is 0 Å². The second kappa shape index (κ2) is 16.6. The van der Waals surface area contributed by atoms with Gasteiger partial charge in [-0.1, -0.05) is 218 Å². The minimum Gasteiger partial charge on any atom is -0.307 e. The molecule has 0 fully saturated rings. The van der Waals surface area contributed by atoms with Crippen LogP contribution in [0, 0.1) is 0 Å². The number of thiophene rings is 1. The number of benzene rings is 10. The summed E-state index contributed by atoms with van der Waals surface area (Å²) in [7, 11) is 0. The van der Waals surface area contributed by atoms with E-state index in [1.807, 2.05) is 47.7 Å². The molecule has 0 aliphatic heterocycles. The average Bonchev–Trinajstić information content (AvgIpc) is 3.97. The number of nitrogens with zero attached hydrogens (tertiary/aromatic N) is 4. The number of para-hydroxylation sites is 1. The molecule has 0 spiro atoms. The van der Waals surface area contributed by atoms with E-state index in [9.17, 15) is 0 Å². The predicted molar refractivity (Wildman–Crippen MR) is 285 cm³/mol. The van der Waals surface area contributed by atoms with Crippen molar-refractivity contribution in [1.29, 1.82) is 0 Å². The molecule has 68 heavy (non-hydrogen) atoms. The quantitative estimate of drug-likeness (QED) is 0.153. The molecular weight excluding hydrogens is 845 g/mol. The Bertz CT molecular complexity index is 3810. The van der Waals surface area contributed by atoms with Gasteiger partial charge in [-0.15, -0.1) is 11.3 Å². The normalized spacial score (nSPS) is 11.5. The second-order valence-electron chi connectivity index (χ2n) is 17.1. The van der Waals surface area contributed by atoms with Crippen LogP contribution in [0.5, 0.6) is 0 Å². The van der Waals surface area contributed by atoms with Crippen molar-refractivity contribution in [3.05, 3.63) is 243 Å². The number of hydrogen-bond acceptors (Lipinski definition) is 4. The van der Waals surface area contributed by atoms with Gasteiger partial charge in [-0.05, 0) is 57.6 Å². The van der Waals surface area contributed by atoms with Crippen LogP contribution in [0.4, 0.5) is 0 Å². The molecule has 0 aliphatic carbocycles. The van der Waals surface area contributed by atoms with Crippen molar-refractivity contribution in [1.82, 2.24) is 19.5 Å². The Balaban J connectivity index is 1.16. The fraction of sp³-hybridized carbons (Fsp3) is 0. The van der Waals surface area contributed by atoms with Crippen LogP contribution in [0.1, 0.15) is 0 Å². The Kier molecular flexibility index (Phi) is 9.66. The van der Waals surface area contributed by atoms with Gasteiger partial charge in [0, 0.05) is 54.1 Å². The van der Waals surface area contributed by atoms with Crippen molar-refractivity contribution in [2.45, 2.75) is 0 Å². The standard InChI is InChI=1S/C63H40N4S/c1-5-17-41(18-6-1)43-29-33-45(34-30-43)54-39-49(63-65-61(47-21-9-3-10-22-47)64-62(66-63)48-23-11-4-12-24-48)40-55(46-35-31-44(32-36-46)42-19-7-2-8-20-42)58(54)67-56-27-15-13-25-50(56)52-37-38-53-51-26-14-16-28-57(51)68-60(53)59(52)67/h1-40H. The van der Waals surface area contributed by atoms with Crippen molar-refractivity contribution in [2.24, 2.45) is 0 Å². The van der Waals surface area contributed by atoms with E-state index >= 15 is 0 Å². The molecule has 13 aromatic rings. The first-order valence-electron chi connectivity index (χ1n) is 22.9. The van der Waals surface area contributed by atoms with Gasteiger partial charge >= 0.3 is 0 Å². The first-order chi connectivity index (χ1) is 33.7. The molecule has 13 rings (SSSR count). The molecule has 0 amide bonds. The molecule has 0 aliphatic rings. The number of hydrogen-bond donors (Lipinski definition) is 0. The molecule has 0 saturated heterocycles. The summed E-state index contributed by atoms with van der Waals surface area (Å²) < 4.78 is 5.08. The smallest absolute Gasteiger partial charge is 0.164 e. The predicted octanol–water partition coefficient (Wildman–Crippen LogP) is 17.0. The number of aromatic nitrogens is 4. The highest BCUT2D eigenvalue weighted by molar-refractivity contribution is 7.26. The molecule has 318 valence electrons. The largest absolute Gasteiger partial charge is 0.307 e. The van der Waals surface area contributed by atoms with Crippen LogP contribution in [-0.4, -0.2) is 19.5 Å². The molecular formula is C63H40N4S. The fourth-order valence-electron chi connectivity index (χ4n) is 9.79. The van der Waals surface area contributed by atoms with Crippen LogP contribution in [0.3, 0.4) is 0 Å². The molecule has 0 bridgehead atoms. The summed E-state index contributed by atoms with van der Waals surface area (Å²) in [5.74, 6) is 1.84. The van der Waals surface area contributed by atoms with Crippen LogP contribution in [-0.2, 0) is 0 Å². The Hall–Kier alpha value is -8.77. The summed E-state index contributed by atoms with van der Waals surface area (Å²) in [4.78, 5) is 15.7. The highest BCUT2D eigenvalue weighted by atomic mass is 32.1. The third-order valence-corrected chi connectivity index (χ3v) is 14.3. The summed E-state index contributed by atoms with van der Waals surface area (Å²) >= 11 is 1.87. The van der Waals surface area contributed by atoms with E-state index in [-0.39, 0.29) is 0 Å². The highest BCUT2D eigenvalue weighted by Crippen LogP contribution is 2.48. The Labute approximate surface area is 397 Å². The van der Waals surface area contributed by atoms with Gasteiger partial charge in [0.1, 0.15) is 0 Å². The van der Waals surface area contributed by atoms with Crippen LogP contribution < -0.4 is 0 Å². The molecule has 0 atom stereocenters. The van der Waals surface area contributed by atoms with Crippen molar-refractivity contribution in [3.63, 3.8) is 0 Å². The lowest BCUT2D eigenvalue weighted by atomic mass is 9.91. The maximum Gasteiger partial charge on any atom is 0.164 e. The topological polar surface area (TPSA) is 43.6 Å². The first kappa shape index (κ1) is 39.6. The SMILES string of the molecule is c1ccc(-c2ccc(-c3cc(-c4nc(-c5ccccc5)nc(-c5ccccc5)n4)cc(-c4ccc(-c5ccccc5)cc4)c3-n3c4ccccc4c4ccc5c6ccccc6sc5c43)cc2)cc1. The van der Waals surface area contributed by atoms with E-state index in [0.29, 0.717) is 17.5 Å². The molecule has 3 heterocycles. The van der Waals surface area contributed by atoms with Crippen molar-refractivity contribution in [3.8, 4) is 84.4 Å². The molecule has 0 radical (unpaired) electrons. The molecule has 0 N–H and O–H groups in total. The third kappa shape index (κ3) is 6.88. The highest BCUT2D eigenvalue weighted by Gasteiger charge is 2.25. The van der Waals surface area contributed by atoms with Crippen LogP contribution in [0.25, 0.3) is 126 Å². The van der Waals surface area contributed by atoms with E-state index in [1.54, 1.807) is 0 Å². The van der Waals surface area contributed by atoms with E-state index in [0.717, 1.165) is 61.3 Å². The zero-order chi connectivity index (χ0) is 45.0. The van der Waals surface area contributed by atoms with E-state index in [2.05, 4.69) is 211 Å². The molecule has 0 unspecified atom stereocenters. The molecule has 3 aromatic heterocycles. The third-order valence-electron chi connectivity index (χ3n) is 13.1. The van der Waals surface area contributed by atoms with Gasteiger partial charge < -0.3 is 4.57 Å². The van der Waals surface area contributed by atoms with Gasteiger partial charge in [-0.3, -0.25) is 0 Å². The zero-order valence-electron chi connectivity index (χ0n) is 36.8. The first-order valence-corrected chi connectivity index (χ1v) is 23.7. The minimum atomic E-state index is 0.600. The zero-order valence-corrected chi connectivity index (χ0v) is 37.6. The lowest BCUT2D eigenvalue weighted by Crippen LogP contribution is -2.04. The van der Waals surface area contributed by atoms with Gasteiger partial charge in [0.15, 0.2) is 17.5 Å². The van der Waals surface area contributed by atoms with Gasteiger partial charge in [-0.25, -0.2) is 15.0 Å². The number of rotatable bonds is 8. The summed E-state index contributed by atoms with van der Waals surface area (Å²) in [5.41, 5.74) is 15.1. The van der Waals surface area contributed by atoms with Crippen LogP contribution >= 0.6 is 11.3 Å². The minimum absolute atomic E-state index is 0.600. The summed E-state index contributed by atoms with van der Waals surface area (Å²) in [6.45, 7) is 0. The monoisotopic (exact) mass is 884 g/mol. The second-order valence-corrected chi connectivity index (χ2v) is 18.2. The molecule has 0 saturated carbocycles. The van der Waals surface area contributed by atoms with Gasteiger partial charge in [0.2, 0.25) is 0 Å². The van der Waals surface area contributed by atoms with Crippen molar-refractivity contribution in [2.75, 3.05) is 0 Å². The lowest BCUT2D eigenvalue weighted by molar-refractivity contribution is 1.07. The van der Waals surface area contributed by atoms with Gasteiger partial charge in [-0.2, -0.15) is 0 Å². The van der Waals surface area contributed by atoms with Crippen molar-refractivity contribution >= 4 is 53.3 Å². The van der Waals surface area contributed by atoms with E-state index < -0.39 is 0 Å². The Morgan fingerprint density at radius 1 is 0.294 bits per heavy atom. The fourth-order valence-corrected chi connectivity index (χ4v) is 11.0. The maximum absolute atomic E-state index is 5.31. The number of fused-ring (bicyclic) bond motifs is 7. The van der Waals surface area contributed by atoms with Crippen LogP contribution in [0.15, 0.2) is 243 Å². The summed E-state index contributed by atoms with van der Waals surface area (Å²) in [5, 5.41) is 4.96. The van der Waals surface area contributed by atoms with Crippen LogP contribution in [0.2, 0.25) is 0 Å². The van der Waals surface area contributed by atoms with E-state index in [1.165, 1.54) is 47.6 Å². The van der Waals surface area contributed by atoms with Crippen molar-refractivity contribution < 1.29 is 0 Å². The lowest BCUT2D eigenvalue weighted by Gasteiger charge is -2.21. The average molecular weight is 885 g/mol. The molecule has 4 nitrogen and oxygen atoms in total. The maximum atomic E-state index is 5.31. The Morgan fingerprint density at radius 2 is 0.691 bits per heavy atom. The van der Waals surface area contributed by atoms with Gasteiger partial charge in [0.05, 0.1) is 21.4 Å². The summed E-state index contributed by atoms with van der Waals surface area (Å²) in [6, 6.07) is 86.6. The van der Waals surface area contributed by atoms with E-state index in [4.69, 9.17) is 15.0 Å². The molecule has 5 heteroatoms. The summed E-state index contributed by atoms with van der Waals surface area (Å²) in [6.07, 6.45) is 0. The molecule has 10 aromatic carbocycles.